The first-order chi connectivity index (χ1) is 16.6. The number of nitrogens with zero attached hydrogens (tertiary/aromatic N) is 3. The summed E-state index contributed by atoms with van der Waals surface area (Å²) in [5, 5.41) is 3.15. The molecule has 176 valence electrons. The third kappa shape index (κ3) is 4.75. The maximum atomic E-state index is 13.4. The molecule has 7 heteroatoms. The molecule has 5 rings (SSSR count). The number of hydrogen-bond donors (Lipinski definition) is 1. The summed E-state index contributed by atoms with van der Waals surface area (Å²) in [5.41, 5.74) is 4.44. The molecular weight excluding hydrogens is 431 g/mol. The Bertz CT molecular complexity index is 1140. The smallest absolute Gasteiger partial charge is 0.225 e. The fourth-order valence-electron chi connectivity index (χ4n) is 5.08. The van der Waals surface area contributed by atoms with Crippen molar-refractivity contribution in [2.45, 2.75) is 25.6 Å². The van der Waals surface area contributed by atoms with Gasteiger partial charge in [0.1, 0.15) is 11.6 Å². The number of rotatable bonds is 6. The van der Waals surface area contributed by atoms with Crippen LogP contribution in [0.3, 0.4) is 0 Å². The number of methoxy groups -OCH3 is 1. The van der Waals surface area contributed by atoms with Gasteiger partial charge in [0.15, 0.2) is 0 Å². The number of hydrogen-bond acceptors (Lipinski definition) is 5. The fraction of sp³-hybridized carbons (Fsp3) is 0.333. The Morgan fingerprint density at radius 2 is 1.88 bits per heavy atom. The van der Waals surface area contributed by atoms with Crippen LogP contribution in [0.25, 0.3) is 0 Å². The minimum absolute atomic E-state index is 0.0474. The molecule has 0 radical (unpaired) electrons. The van der Waals surface area contributed by atoms with Crippen molar-refractivity contribution < 1.29 is 13.9 Å². The largest absolute Gasteiger partial charge is 0.497 e. The molecule has 1 saturated heterocycles. The zero-order valence-electron chi connectivity index (χ0n) is 19.3. The Balaban J connectivity index is 1.37. The summed E-state index contributed by atoms with van der Waals surface area (Å²) < 4.78 is 18.8. The molecule has 2 unspecified atom stereocenters. The van der Waals surface area contributed by atoms with E-state index in [9.17, 15) is 9.18 Å². The third-order valence-electron chi connectivity index (χ3n) is 6.88. The van der Waals surface area contributed by atoms with Gasteiger partial charge in [0.25, 0.3) is 0 Å². The van der Waals surface area contributed by atoms with Gasteiger partial charge in [-0.1, -0.05) is 18.2 Å². The first-order valence-corrected chi connectivity index (χ1v) is 11.7. The quantitative estimate of drug-likeness (QED) is 0.611. The van der Waals surface area contributed by atoms with E-state index in [4.69, 9.17) is 4.74 Å². The van der Waals surface area contributed by atoms with Crippen LogP contribution in [-0.2, 0) is 24.3 Å². The molecule has 0 bridgehead atoms. The number of carbonyl (C=O) groups is 1. The molecule has 2 atom stereocenters. The van der Waals surface area contributed by atoms with Gasteiger partial charge in [-0.15, -0.1) is 0 Å². The van der Waals surface area contributed by atoms with Gasteiger partial charge >= 0.3 is 0 Å². The summed E-state index contributed by atoms with van der Waals surface area (Å²) in [5.74, 6) is 0.500. The van der Waals surface area contributed by atoms with Crippen LogP contribution < -0.4 is 15.0 Å². The van der Waals surface area contributed by atoms with Crippen LogP contribution in [0.1, 0.15) is 16.7 Å². The van der Waals surface area contributed by atoms with Gasteiger partial charge in [-0.3, -0.25) is 14.7 Å². The Labute approximate surface area is 199 Å². The van der Waals surface area contributed by atoms with Gasteiger partial charge < -0.3 is 15.0 Å². The van der Waals surface area contributed by atoms with Gasteiger partial charge in [-0.05, 0) is 53.4 Å². The molecule has 0 saturated carbocycles. The number of amides is 1. The number of ether oxygens (including phenoxy) is 1. The van der Waals surface area contributed by atoms with Crippen LogP contribution in [0, 0.1) is 11.7 Å². The Morgan fingerprint density at radius 1 is 1.09 bits per heavy atom. The molecular formula is C27H29FN4O2. The number of benzene rings is 2. The molecule has 1 amide bonds. The van der Waals surface area contributed by atoms with Crippen LogP contribution in [0.15, 0.2) is 67.0 Å². The van der Waals surface area contributed by atoms with E-state index in [-0.39, 0.29) is 23.7 Å². The summed E-state index contributed by atoms with van der Waals surface area (Å²) in [4.78, 5) is 22.2. The number of fused-ring (bicyclic) bond motifs is 3. The summed E-state index contributed by atoms with van der Waals surface area (Å²) >= 11 is 0. The zero-order chi connectivity index (χ0) is 23.5. The summed E-state index contributed by atoms with van der Waals surface area (Å²) in [6, 6.07) is 16.7. The highest BCUT2D eigenvalue weighted by molar-refractivity contribution is 5.82. The minimum Gasteiger partial charge on any atom is -0.497 e. The molecule has 34 heavy (non-hydrogen) atoms. The van der Waals surface area contributed by atoms with Crippen molar-refractivity contribution in [3.63, 3.8) is 0 Å². The van der Waals surface area contributed by atoms with E-state index < -0.39 is 0 Å². The highest BCUT2D eigenvalue weighted by Crippen LogP contribution is 2.38. The zero-order valence-corrected chi connectivity index (χ0v) is 19.3. The van der Waals surface area contributed by atoms with Crippen molar-refractivity contribution in [2.24, 2.45) is 5.92 Å². The maximum absolute atomic E-state index is 13.4. The molecule has 3 aromatic rings. The standard InChI is InChI=1S/C27H29FN4O2/c1-34-23-7-4-21-14-24(27(33)30-16-19-8-10-29-11-9-19)26-18-31(12-13-32(26)25(21)15-23)17-20-2-5-22(28)6-3-20/h2-11,15,24,26H,12-14,16-18H2,1H3,(H,30,33). The van der Waals surface area contributed by atoms with E-state index in [2.05, 4.69) is 32.2 Å². The van der Waals surface area contributed by atoms with Crippen LogP contribution in [0.4, 0.5) is 10.1 Å². The van der Waals surface area contributed by atoms with Crippen molar-refractivity contribution in [1.29, 1.82) is 0 Å². The number of carbonyl (C=O) groups excluding carboxylic acids is 1. The van der Waals surface area contributed by atoms with Crippen LogP contribution in [0.2, 0.25) is 0 Å². The molecule has 3 heterocycles. The summed E-state index contributed by atoms with van der Waals surface area (Å²) in [7, 11) is 1.68. The van der Waals surface area contributed by atoms with Crippen molar-refractivity contribution in [1.82, 2.24) is 15.2 Å². The van der Waals surface area contributed by atoms with E-state index in [1.54, 1.807) is 19.5 Å². The van der Waals surface area contributed by atoms with E-state index >= 15 is 0 Å². The second kappa shape index (κ2) is 9.81. The van der Waals surface area contributed by atoms with E-state index in [1.807, 2.05) is 30.3 Å². The van der Waals surface area contributed by atoms with Crippen molar-refractivity contribution in [3.8, 4) is 5.75 Å². The maximum Gasteiger partial charge on any atom is 0.225 e. The second-order valence-electron chi connectivity index (χ2n) is 9.00. The number of aromatic nitrogens is 1. The lowest BCUT2D eigenvalue weighted by Crippen LogP contribution is -2.60. The first kappa shape index (κ1) is 22.3. The first-order valence-electron chi connectivity index (χ1n) is 11.7. The lowest BCUT2D eigenvalue weighted by Gasteiger charge is -2.49. The van der Waals surface area contributed by atoms with Crippen LogP contribution in [0.5, 0.6) is 5.75 Å². The lowest BCUT2D eigenvalue weighted by molar-refractivity contribution is -0.126. The normalized spacial score (nSPS) is 19.8. The minimum atomic E-state index is -0.225. The predicted molar refractivity (Wildman–Crippen MR) is 129 cm³/mol. The Morgan fingerprint density at radius 3 is 2.65 bits per heavy atom. The second-order valence-corrected chi connectivity index (χ2v) is 9.00. The van der Waals surface area contributed by atoms with Gasteiger partial charge in [0.05, 0.1) is 19.1 Å². The lowest BCUT2D eigenvalue weighted by atomic mass is 9.83. The van der Waals surface area contributed by atoms with Gasteiger partial charge in [0.2, 0.25) is 5.91 Å². The molecule has 0 aliphatic carbocycles. The van der Waals surface area contributed by atoms with Gasteiger partial charge in [-0.2, -0.15) is 0 Å². The molecule has 2 aliphatic heterocycles. The van der Waals surface area contributed by atoms with E-state index in [1.165, 1.54) is 17.7 Å². The van der Waals surface area contributed by atoms with Crippen LogP contribution >= 0.6 is 0 Å². The van der Waals surface area contributed by atoms with Crippen molar-refractivity contribution >= 4 is 11.6 Å². The van der Waals surface area contributed by atoms with Crippen LogP contribution in [-0.4, -0.2) is 48.6 Å². The third-order valence-corrected chi connectivity index (χ3v) is 6.88. The monoisotopic (exact) mass is 460 g/mol. The SMILES string of the molecule is COc1ccc2c(c1)N1CCN(Cc3ccc(F)cc3)CC1C(C(=O)NCc1ccncc1)C2. The van der Waals surface area contributed by atoms with Crippen molar-refractivity contribution in [3.05, 3.63) is 89.5 Å². The summed E-state index contributed by atoms with van der Waals surface area (Å²) in [6.07, 6.45) is 4.16. The average Bonchev–Trinajstić information content (AvgIpc) is 2.88. The Hall–Kier alpha value is -3.45. The number of nitrogens with one attached hydrogen (secondary N) is 1. The highest BCUT2D eigenvalue weighted by Gasteiger charge is 2.41. The van der Waals surface area contributed by atoms with E-state index in [0.717, 1.165) is 48.7 Å². The number of halogens is 1. The number of pyridine rings is 1. The molecule has 6 nitrogen and oxygen atoms in total. The topological polar surface area (TPSA) is 57.7 Å². The van der Waals surface area contributed by atoms with Gasteiger partial charge in [-0.25, -0.2) is 4.39 Å². The average molecular weight is 461 g/mol. The van der Waals surface area contributed by atoms with E-state index in [0.29, 0.717) is 13.0 Å². The molecule has 2 aliphatic rings. The molecule has 1 fully saturated rings. The predicted octanol–water partition coefficient (Wildman–Crippen LogP) is 3.41. The fourth-order valence-corrected chi connectivity index (χ4v) is 5.08. The molecule has 1 N–H and O–H groups in total. The highest BCUT2D eigenvalue weighted by atomic mass is 19.1. The summed E-state index contributed by atoms with van der Waals surface area (Å²) in [6.45, 7) is 3.68. The molecule has 1 aromatic heterocycles. The van der Waals surface area contributed by atoms with Gasteiger partial charge in [0, 0.05) is 56.9 Å². The number of anilines is 1. The Kier molecular flexibility index (Phi) is 6.45. The molecule has 2 aromatic carbocycles. The molecule has 0 spiro atoms. The number of piperazine rings is 1. The van der Waals surface area contributed by atoms with Crippen molar-refractivity contribution in [2.75, 3.05) is 31.6 Å².